The quantitative estimate of drug-likeness (QED) is 0.295. The summed E-state index contributed by atoms with van der Waals surface area (Å²) in [5.74, 6) is 0.710. The normalized spacial score (nSPS) is 14.8. The Balaban J connectivity index is 1.35. The summed E-state index contributed by atoms with van der Waals surface area (Å²) < 4.78 is 26.4. The Morgan fingerprint density at radius 2 is 1.77 bits per heavy atom. The number of aromatic nitrogens is 1. The van der Waals surface area contributed by atoms with E-state index in [9.17, 15) is 14.0 Å². The van der Waals surface area contributed by atoms with Gasteiger partial charge in [-0.05, 0) is 67.3 Å². The van der Waals surface area contributed by atoms with Gasteiger partial charge >= 0.3 is 0 Å². The number of carbonyl (C=O) groups is 2. The minimum Gasteiger partial charge on any atom is -0.454 e. The van der Waals surface area contributed by atoms with Crippen LogP contribution in [0.25, 0.3) is 0 Å². The molecule has 3 aromatic rings. The Morgan fingerprint density at radius 3 is 2.55 bits per heavy atom. The first-order valence-electron chi connectivity index (χ1n) is 14.4. The Morgan fingerprint density at radius 1 is 1.00 bits per heavy atom. The van der Waals surface area contributed by atoms with Crippen LogP contribution in [0.2, 0.25) is 0 Å². The van der Waals surface area contributed by atoms with Crippen molar-refractivity contribution in [2.45, 2.75) is 71.0 Å². The first-order valence-corrected chi connectivity index (χ1v) is 14.4. The number of fused-ring (bicyclic) bond motifs is 1. The summed E-state index contributed by atoms with van der Waals surface area (Å²) in [5.41, 5.74) is 2.51. The first kappa shape index (κ1) is 27.7. The van der Waals surface area contributed by atoms with E-state index in [2.05, 4.69) is 11.5 Å². The highest BCUT2D eigenvalue weighted by atomic mass is 19.1. The first-order chi connectivity index (χ1) is 19.5. The molecule has 1 aliphatic carbocycles. The summed E-state index contributed by atoms with van der Waals surface area (Å²) in [6.45, 7) is 3.83. The summed E-state index contributed by atoms with van der Waals surface area (Å²) in [4.78, 5) is 31.3. The molecule has 2 aromatic carbocycles. The molecule has 212 valence electrons. The molecule has 0 bridgehead atoms. The number of ether oxygens (including phenoxy) is 2. The SMILES string of the molecule is CCCCN(CC(=O)N(Cc1cccn1Cc1ccc(F)cc1)C1CCCCC1)C(=O)c1ccc2c(c1)OCO2. The Bertz CT molecular complexity index is 1300. The van der Waals surface area contributed by atoms with Crippen molar-refractivity contribution in [3.63, 3.8) is 0 Å². The van der Waals surface area contributed by atoms with Crippen molar-refractivity contribution in [3.05, 3.63) is 83.4 Å². The summed E-state index contributed by atoms with van der Waals surface area (Å²) in [6.07, 6.45) is 9.05. The molecule has 0 unspecified atom stereocenters. The molecule has 1 aliphatic heterocycles. The van der Waals surface area contributed by atoms with Gasteiger partial charge in [0.15, 0.2) is 11.5 Å². The monoisotopic (exact) mass is 547 g/mol. The fraction of sp³-hybridized carbons (Fsp3) is 0.438. The molecule has 1 fully saturated rings. The number of nitrogens with zero attached hydrogens (tertiary/aromatic N) is 3. The average Bonchev–Trinajstić information content (AvgIpc) is 3.64. The summed E-state index contributed by atoms with van der Waals surface area (Å²) in [6, 6.07) is 15.9. The van der Waals surface area contributed by atoms with E-state index in [0.717, 1.165) is 49.8 Å². The maximum absolute atomic E-state index is 14.0. The molecular weight excluding hydrogens is 509 g/mol. The maximum Gasteiger partial charge on any atom is 0.254 e. The van der Waals surface area contributed by atoms with Gasteiger partial charge in [-0.3, -0.25) is 9.59 Å². The van der Waals surface area contributed by atoms with Gasteiger partial charge in [-0.1, -0.05) is 44.7 Å². The molecule has 0 atom stereocenters. The maximum atomic E-state index is 14.0. The zero-order valence-electron chi connectivity index (χ0n) is 23.2. The summed E-state index contributed by atoms with van der Waals surface area (Å²) in [7, 11) is 0. The third kappa shape index (κ3) is 6.66. The van der Waals surface area contributed by atoms with Crippen LogP contribution in [0.5, 0.6) is 11.5 Å². The number of unbranched alkanes of at least 4 members (excludes halogenated alkanes) is 1. The highest BCUT2D eigenvalue weighted by molar-refractivity contribution is 5.97. The number of hydrogen-bond acceptors (Lipinski definition) is 4. The molecule has 7 nitrogen and oxygen atoms in total. The van der Waals surface area contributed by atoms with Gasteiger partial charge in [0.05, 0.1) is 6.54 Å². The van der Waals surface area contributed by atoms with Crippen molar-refractivity contribution in [2.24, 2.45) is 0 Å². The van der Waals surface area contributed by atoms with Gasteiger partial charge in [-0.25, -0.2) is 4.39 Å². The number of benzene rings is 2. The molecule has 2 heterocycles. The van der Waals surface area contributed by atoms with E-state index in [1.165, 1.54) is 18.6 Å². The molecule has 8 heteroatoms. The number of rotatable bonds is 11. The fourth-order valence-corrected chi connectivity index (χ4v) is 5.59. The minimum atomic E-state index is -0.256. The zero-order valence-corrected chi connectivity index (χ0v) is 23.2. The molecule has 1 aromatic heterocycles. The van der Waals surface area contributed by atoms with Gasteiger partial charge in [0.25, 0.3) is 5.91 Å². The molecule has 1 saturated carbocycles. The molecular formula is C32H38FN3O4. The van der Waals surface area contributed by atoms with Crippen LogP contribution in [-0.4, -0.2) is 52.1 Å². The third-order valence-corrected chi connectivity index (χ3v) is 7.87. The van der Waals surface area contributed by atoms with E-state index in [4.69, 9.17) is 9.47 Å². The molecule has 0 radical (unpaired) electrons. The van der Waals surface area contributed by atoms with E-state index in [-0.39, 0.29) is 37.0 Å². The van der Waals surface area contributed by atoms with Gasteiger partial charge in [-0.2, -0.15) is 0 Å². The predicted molar refractivity (Wildman–Crippen MR) is 151 cm³/mol. The number of amides is 2. The van der Waals surface area contributed by atoms with Crippen molar-refractivity contribution in [3.8, 4) is 11.5 Å². The molecule has 40 heavy (non-hydrogen) atoms. The highest BCUT2D eigenvalue weighted by Crippen LogP contribution is 2.33. The minimum absolute atomic E-state index is 0.0302. The smallest absolute Gasteiger partial charge is 0.254 e. The van der Waals surface area contributed by atoms with Crippen molar-refractivity contribution >= 4 is 11.8 Å². The number of hydrogen-bond donors (Lipinski definition) is 0. The highest BCUT2D eigenvalue weighted by Gasteiger charge is 2.29. The summed E-state index contributed by atoms with van der Waals surface area (Å²) in [5, 5.41) is 0. The third-order valence-electron chi connectivity index (χ3n) is 7.87. The molecule has 0 saturated heterocycles. The van der Waals surface area contributed by atoms with Gasteiger partial charge in [0.1, 0.15) is 12.4 Å². The average molecular weight is 548 g/mol. The van der Waals surface area contributed by atoms with E-state index in [1.807, 2.05) is 23.2 Å². The van der Waals surface area contributed by atoms with Gasteiger partial charge < -0.3 is 23.8 Å². The predicted octanol–water partition coefficient (Wildman–Crippen LogP) is 6.01. The van der Waals surface area contributed by atoms with Crippen LogP contribution in [0.1, 0.15) is 73.5 Å². The largest absolute Gasteiger partial charge is 0.454 e. The van der Waals surface area contributed by atoms with Crippen LogP contribution in [0.3, 0.4) is 0 Å². The van der Waals surface area contributed by atoms with E-state index < -0.39 is 0 Å². The van der Waals surface area contributed by atoms with E-state index >= 15 is 0 Å². The lowest BCUT2D eigenvalue weighted by Gasteiger charge is -2.36. The summed E-state index contributed by atoms with van der Waals surface area (Å²) >= 11 is 0. The van der Waals surface area contributed by atoms with E-state index in [1.54, 1.807) is 35.2 Å². The Kier molecular flexibility index (Phi) is 9.04. The standard InChI is InChI=1S/C32H38FN3O4/c1-2-3-17-35(32(38)25-13-16-29-30(19-25)40-23-39-29)22-31(37)36(27-8-5-4-6-9-27)21-28-10-7-18-34(28)20-24-11-14-26(33)15-12-24/h7,10-16,18-19,27H,2-6,8-9,17,20-23H2,1H3. The van der Waals surface area contributed by atoms with Gasteiger partial charge in [0, 0.05) is 36.6 Å². The van der Waals surface area contributed by atoms with Crippen molar-refractivity contribution in [1.82, 2.24) is 14.4 Å². The van der Waals surface area contributed by atoms with E-state index in [0.29, 0.717) is 36.7 Å². The molecule has 0 N–H and O–H groups in total. The molecule has 5 rings (SSSR count). The zero-order chi connectivity index (χ0) is 27.9. The van der Waals surface area contributed by atoms with Crippen molar-refractivity contribution in [2.75, 3.05) is 19.9 Å². The Hall–Kier alpha value is -3.81. The van der Waals surface area contributed by atoms with Crippen molar-refractivity contribution < 1.29 is 23.5 Å². The van der Waals surface area contributed by atoms with Crippen LogP contribution >= 0.6 is 0 Å². The van der Waals surface area contributed by atoms with Gasteiger partial charge in [0.2, 0.25) is 12.7 Å². The second-order valence-electron chi connectivity index (χ2n) is 10.7. The van der Waals surface area contributed by atoms with Crippen LogP contribution in [0.15, 0.2) is 60.8 Å². The second kappa shape index (κ2) is 13.0. The van der Waals surface area contributed by atoms with Crippen LogP contribution in [0, 0.1) is 5.82 Å². The van der Waals surface area contributed by atoms with Crippen molar-refractivity contribution in [1.29, 1.82) is 0 Å². The topological polar surface area (TPSA) is 64.0 Å². The lowest BCUT2D eigenvalue weighted by Crippen LogP contribution is -2.47. The van der Waals surface area contributed by atoms with Crippen LogP contribution in [-0.2, 0) is 17.9 Å². The lowest BCUT2D eigenvalue weighted by molar-refractivity contribution is -0.135. The Labute approximate surface area is 235 Å². The second-order valence-corrected chi connectivity index (χ2v) is 10.7. The molecule has 2 aliphatic rings. The number of halogens is 1. The number of carbonyl (C=O) groups excluding carboxylic acids is 2. The molecule has 0 spiro atoms. The fourth-order valence-electron chi connectivity index (χ4n) is 5.59. The van der Waals surface area contributed by atoms with Crippen LogP contribution in [0.4, 0.5) is 4.39 Å². The lowest BCUT2D eigenvalue weighted by atomic mass is 9.94. The molecule has 2 amide bonds. The van der Waals surface area contributed by atoms with Crippen LogP contribution < -0.4 is 9.47 Å². The van der Waals surface area contributed by atoms with Gasteiger partial charge in [-0.15, -0.1) is 0 Å².